The molecule has 0 aliphatic carbocycles. The molecule has 4 nitrogen and oxygen atoms in total. The summed E-state index contributed by atoms with van der Waals surface area (Å²) in [5.41, 5.74) is 0.881. The van der Waals surface area contributed by atoms with E-state index in [1.165, 1.54) is 4.90 Å². The van der Waals surface area contributed by atoms with Crippen molar-refractivity contribution in [1.29, 1.82) is 0 Å². The zero-order valence-electron chi connectivity index (χ0n) is 13.3. The second kappa shape index (κ2) is 7.49. The van der Waals surface area contributed by atoms with Crippen LogP contribution in [0.2, 0.25) is 5.02 Å². The number of halogens is 1. The van der Waals surface area contributed by atoms with E-state index in [9.17, 15) is 9.59 Å². The van der Waals surface area contributed by atoms with Gasteiger partial charge in [0.05, 0.1) is 16.3 Å². The summed E-state index contributed by atoms with van der Waals surface area (Å²) in [6.07, 6.45) is 3.05. The topological polar surface area (TPSA) is 40.6 Å². The van der Waals surface area contributed by atoms with Gasteiger partial charge in [-0.1, -0.05) is 41.9 Å². The Morgan fingerprint density at radius 1 is 0.875 bits per heavy atom. The molecule has 0 atom stereocenters. The maximum atomic E-state index is 13.0. The van der Waals surface area contributed by atoms with Crippen molar-refractivity contribution in [2.24, 2.45) is 0 Å². The van der Waals surface area contributed by atoms with Crippen LogP contribution >= 0.6 is 11.6 Å². The highest BCUT2D eigenvalue weighted by atomic mass is 35.5. The molecule has 0 bridgehead atoms. The summed E-state index contributed by atoms with van der Waals surface area (Å²) >= 11 is 6.17. The van der Waals surface area contributed by atoms with Crippen molar-refractivity contribution >= 4 is 29.2 Å². The molecule has 2 aromatic rings. The average molecular weight is 343 g/mol. The summed E-state index contributed by atoms with van der Waals surface area (Å²) in [7, 11) is 0. The molecule has 3 rings (SSSR count). The lowest BCUT2D eigenvalue weighted by molar-refractivity contribution is 0.0983. The van der Waals surface area contributed by atoms with Crippen molar-refractivity contribution in [2.75, 3.05) is 18.0 Å². The summed E-state index contributed by atoms with van der Waals surface area (Å²) in [6.45, 7) is 1.36. The third-order valence-electron chi connectivity index (χ3n) is 4.14. The van der Waals surface area contributed by atoms with E-state index in [0.29, 0.717) is 29.4 Å². The highest BCUT2D eigenvalue weighted by Crippen LogP contribution is 2.24. The molecule has 1 saturated heterocycles. The van der Waals surface area contributed by atoms with Gasteiger partial charge in [-0.05, 0) is 43.5 Å². The Bertz CT molecular complexity index is 727. The predicted molar refractivity (Wildman–Crippen MR) is 95.5 cm³/mol. The lowest BCUT2D eigenvalue weighted by atomic mass is 10.1. The highest BCUT2D eigenvalue weighted by Gasteiger charge is 2.30. The van der Waals surface area contributed by atoms with Gasteiger partial charge in [-0.25, -0.2) is 9.69 Å². The molecule has 1 aliphatic heterocycles. The minimum absolute atomic E-state index is 0.286. The van der Waals surface area contributed by atoms with Gasteiger partial charge in [0.2, 0.25) is 0 Å². The van der Waals surface area contributed by atoms with Crippen LogP contribution in [-0.2, 0) is 0 Å². The molecule has 0 radical (unpaired) electrons. The third-order valence-corrected chi connectivity index (χ3v) is 4.47. The molecule has 0 aromatic heterocycles. The second-order valence-electron chi connectivity index (χ2n) is 5.79. The minimum Gasteiger partial charge on any atom is -0.324 e. The second-order valence-corrected chi connectivity index (χ2v) is 6.19. The number of para-hydroxylation sites is 1. The fourth-order valence-corrected chi connectivity index (χ4v) is 3.09. The van der Waals surface area contributed by atoms with Gasteiger partial charge in [0, 0.05) is 13.1 Å². The Morgan fingerprint density at radius 3 is 2.17 bits per heavy atom. The predicted octanol–water partition coefficient (Wildman–Crippen LogP) is 4.59. The van der Waals surface area contributed by atoms with Crippen molar-refractivity contribution < 1.29 is 9.59 Å². The highest BCUT2D eigenvalue weighted by molar-refractivity contribution is 6.35. The van der Waals surface area contributed by atoms with Gasteiger partial charge in [-0.15, -0.1) is 0 Å². The number of carbonyl (C=O) groups excluding carboxylic acids is 2. The van der Waals surface area contributed by atoms with Gasteiger partial charge in [0.1, 0.15) is 0 Å². The number of imide groups is 1. The van der Waals surface area contributed by atoms with E-state index in [-0.39, 0.29) is 6.03 Å². The molecule has 1 aliphatic rings. The average Bonchev–Trinajstić information content (AvgIpc) is 2.64. The SMILES string of the molecule is O=C(c1ccccc1Cl)N(C(=O)N1CCCCC1)c1ccccc1. The first kappa shape index (κ1) is 16.5. The standard InChI is InChI=1S/C19H19ClN2O2/c20-17-12-6-5-11-16(17)18(23)22(15-9-3-1-4-10-15)19(24)21-13-7-2-8-14-21/h1,3-6,9-12H,2,7-8,13-14H2. The molecular weight excluding hydrogens is 324 g/mol. The van der Waals surface area contributed by atoms with Crippen molar-refractivity contribution in [3.8, 4) is 0 Å². The Hall–Kier alpha value is -2.33. The molecule has 0 spiro atoms. The van der Waals surface area contributed by atoms with E-state index in [1.807, 2.05) is 18.2 Å². The molecule has 5 heteroatoms. The van der Waals surface area contributed by atoms with Gasteiger partial charge in [-0.3, -0.25) is 4.79 Å². The first-order valence-corrected chi connectivity index (χ1v) is 8.49. The minimum atomic E-state index is -0.401. The first-order chi connectivity index (χ1) is 11.7. The van der Waals surface area contributed by atoms with Crippen LogP contribution < -0.4 is 4.90 Å². The van der Waals surface area contributed by atoms with Gasteiger partial charge in [-0.2, -0.15) is 0 Å². The van der Waals surface area contributed by atoms with E-state index in [1.54, 1.807) is 41.3 Å². The number of amides is 3. The molecule has 124 valence electrons. The van der Waals surface area contributed by atoms with Crippen LogP contribution in [0.15, 0.2) is 54.6 Å². The van der Waals surface area contributed by atoms with Gasteiger partial charge < -0.3 is 4.90 Å². The van der Waals surface area contributed by atoms with E-state index in [4.69, 9.17) is 11.6 Å². The molecule has 0 N–H and O–H groups in total. The normalized spacial score (nSPS) is 14.3. The summed E-state index contributed by atoms with van der Waals surface area (Å²) in [5.74, 6) is -0.401. The van der Waals surface area contributed by atoms with Gasteiger partial charge in [0.25, 0.3) is 5.91 Å². The largest absolute Gasteiger partial charge is 0.331 e. The van der Waals surface area contributed by atoms with E-state index in [2.05, 4.69) is 0 Å². The zero-order chi connectivity index (χ0) is 16.9. The lowest BCUT2D eigenvalue weighted by Crippen LogP contribution is -2.48. The van der Waals surface area contributed by atoms with Crippen LogP contribution in [0, 0.1) is 0 Å². The summed E-state index contributed by atoms with van der Waals surface area (Å²) < 4.78 is 0. The number of anilines is 1. The van der Waals surface area contributed by atoms with Crippen LogP contribution in [0.5, 0.6) is 0 Å². The first-order valence-electron chi connectivity index (χ1n) is 8.11. The van der Waals surface area contributed by atoms with Crippen LogP contribution in [0.1, 0.15) is 29.6 Å². The smallest absolute Gasteiger partial charge is 0.324 e. The molecule has 24 heavy (non-hydrogen) atoms. The fourth-order valence-electron chi connectivity index (χ4n) is 2.87. The molecule has 0 saturated carbocycles. The Labute approximate surface area is 146 Å². The van der Waals surface area contributed by atoms with E-state index >= 15 is 0 Å². The van der Waals surface area contributed by atoms with Crippen LogP contribution in [0.25, 0.3) is 0 Å². The van der Waals surface area contributed by atoms with Crippen LogP contribution in [0.3, 0.4) is 0 Å². The van der Waals surface area contributed by atoms with Crippen molar-refractivity contribution in [3.05, 3.63) is 65.2 Å². The molecule has 2 aromatic carbocycles. The zero-order valence-corrected chi connectivity index (χ0v) is 14.1. The Morgan fingerprint density at radius 2 is 1.50 bits per heavy atom. The number of carbonyl (C=O) groups is 2. The summed E-state index contributed by atoms with van der Waals surface area (Å²) in [6, 6.07) is 15.5. The maximum absolute atomic E-state index is 13.0. The molecule has 1 heterocycles. The number of rotatable bonds is 2. The van der Waals surface area contributed by atoms with Crippen molar-refractivity contribution in [2.45, 2.75) is 19.3 Å². The van der Waals surface area contributed by atoms with Gasteiger partial charge in [0.15, 0.2) is 0 Å². The van der Waals surface area contributed by atoms with E-state index in [0.717, 1.165) is 19.3 Å². The summed E-state index contributed by atoms with van der Waals surface area (Å²) in [5, 5.41) is 0.342. The molecule has 3 amide bonds. The number of hydrogen-bond donors (Lipinski definition) is 0. The molecule has 0 unspecified atom stereocenters. The Kier molecular flexibility index (Phi) is 5.16. The van der Waals surface area contributed by atoms with E-state index < -0.39 is 5.91 Å². The van der Waals surface area contributed by atoms with Crippen molar-refractivity contribution in [3.63, 3.8) is 0 Å². The third kappa shape index (κ3) is 3.44. The summed E-state index contributed by atoms with van der Waals surface area (Å²) in [4.78, 5) is 29.0. The number of likely N-dealkylation sites (tertiary alicyclic amines) is 1. The van der Waals surface area contributed by atoms with Gasteiger partial charge >= 0.3 is 6.03 Å². The van der Waals surface area contributed by atoms with Crippen LogP contribution in [-0.4, -0.2) is 29.9 Å². The fraction of sp³-hybridized carbons (Fsp3) is 0.263. The Balaban J connectivity index is 1.97. The van der Waals surface area contributed by atoms with Crippen molar-refractivity contribution in [1.82, 2.24) is 4.90 Å². The number of urea groups is 1. The molecule has 1 fully saturated rings. The monoisotopic (exact) mass is 342 g/mol. The maximum Gasteiger partial charge on any atom is 0.331 e. The van der Waals surface area contributed by atoms with Crippen LogP contribution in [0.4, 0.5) is 10.5 Å². The number of benzene rings is 2. The number of nitrogens with zero attached hydrogens (tertiary/aromatic N) is 2. The lowest BCUT2D eigenvalue weighted by Gasteiger charge is -2.32. The molecular formula is C19H19ClN2O2. The number of hydrogen-bond acceptors (Lipinski definition) is 2. The quantitative estimate of drug-likeness (QED) is 0.800. The number of piperidine rings is 1.